The van der Waals surface area contributed by atoms with Gasteiger partial charge in [-0.25, -0.2) is 4.79 Å². The molecule has 1 atom stereocenters. The third kappa shape index (κ3) is 6.63. The highest BCUT2D eigenvalue weighted by atomic mass is 16.5. The molecule has 0 amide bonds. The van der Waals surface area contributed by atoms with Crippen molar-refractivity contribution in [3.63, 3.8) is 0 Å². The van der Waals surface area contributed by atoms with Crippen LogP contribution in [0.3, 0.4) is 0 Å². The number of ether oxygens (including phenoxy) is 1. The Kier molecular flexibility index (Phi) is 7.65. The van der Waals surface area contributed by atoms with Gasteiger partial charge in [0.05, 0.1) is 6.61 Å². The molecule has 0 spiro atoms. The molecule has 0 aromatic rings. The van der Waals surface area contributed by atoms with Crippen LogP contribution in [0.2, 0.25) is 0 Å². The monoisotopic (exact) mass is 254 g/mol. The van der Waals surface area contributed by atoms with E-state index in [1.807, 2.05) is 0 Å². The number of esters is 1. The van der Waals surface area contributed by atoms with Gasteiger partial charge in [-0.1, -0.05) is 34.1 Å². The van der Waals surface area contributed by atoms with Crippen molar-refractivity contribution in [1.29, 1.82) is 0 Å². The molecule has 0 aromatic carbocycles. The van der Waals surface area contributed by atoms with Crippen LogP contribution in [-0.4, -0.2) is 23.8 Å². The largest absolute Gasteiger partial charge is 0.464 e. The van der Waals surface area contributed by atoms with Gasteiger partial charge in [-0.3, -0.25) is 0 Å². The van der Waals surface area contributed by atoms with Crippen molar-refractivity contribution in [2.24, 2.45) is 5.41 Å². The smallest absolute Gasteiger partial charge is 0.339 e. The van der Waals surface area contributed by atoms with Crippen molar-refractivity contribution >= 4 is 5.97 Å². The zero-order valence-corrected chi connectivity index (χ0v) is 12.2. The second-order valence-electron chi connectivity index (χ2n) is 5.34. The number of rotatable bonds is 6. The number of hydrogen-bond donors (Lipinski definition) is 1. The lowest BCUT2D eigenvalue weighted by Crippen LogP contribution is -2.20. The number of carbonyl (C=O) groups excluding carboxylic acids is 1. The van der Waals surface area contributed by atoms with Gasteiger partial charge in [0.15, 0.2) is 6.10 Å². The molecule has 0 aromatic heterocycles. The molecule has 0 rings (SSSR count). The van der Waals surface area contributed by atoms with Gasteiger partial charge in [0, 0.05) is 0 Å². The summed E-state index contributed by atoms with van der Waals surface area (Å²) in [7, 11) is 0. The summed E-state index contributed by atoms with van der Waals surface area (Å²) in [4.78, 5) is 11.3. The van der Waals surface area contributed by atoms with E-state index in [1.165, 1.54) is 6.08 Å². The van der Waals surface area contributed by atoms with Crippen LogP contribution in [-0.2, 0) is 9.53 Å². The minimum absolute atomic E-state index is 0.0000507. The van der Waals surface area contributed by atoms with E-state index in [2.05, 4.69) is 33.4 Å². The highest BCUT2D eigenvalue weighted by Gasteiger charge is 2.17. The van der Waals surface area contributed by atoms with E-state index in [0.29, 0.717) is 0 Å². The third-order valence-electron chi connectivity index (χ3n) is 2.63. The number of aliphatic hydroxyl groups excluding tert-OH is 1. The number of aliphatic hydroxyl groups is 1. The van der Waals surface area contributed by atoms with Crippen LogP contribution in [0, 0.1) is 5.41 Å². The number of unbranched alkanes of at least 4 members (excludes halogenated alkanes) is 1. The van der Waals surface area contributed by atoms with Crippen molar-refractivity contribution in [3.8, 4) is 0 Å². The van der Waals surface area contributed by atoms with Crippen molar-refractivity contribution < 1.29 is 14.6 Å². The van der Waals surface area contributed by atoms with Crippen LogP contribution in [0.4, 0.5) is 0 Å². The lowest BCUT2D eigenvalue weighted by atomic mass is 9.84. The van der Waals surface area contributed by atoms with Crippen LogP contribution in [0.25, 0.3) is 0 Å². The first-order valence-corrected chi connectivity index (χ1v) is 6.63. The van der Waals surface area contributed by atoms with Gasteiger partial charge in [-0.2, -0.15) is 0 Å². The van der Waals surface area contributed by atoms with Crippen molar-refractivity contribution in [3.05, 3.63) is 17.4 Å². The molecular formula is C15H26O3. The van der Waals surface area contributed by atoms with Crippen LogP contribution >= 0.6 is 0 Å². The molecule has 3 heteroatoms. The Morgan fingerprint density at radius 2 is 2.00 bits per heavy atom. The highest BCUT2D eigenvalue weighted by molar-refractivity contribution is 5.76. The zero-order valence-electron chi connectivity index (χ0n) is 12.2. The second kappa shape index (κ2) is 8.12. The fourth-order valence-corrected chi connectivity index (χ4v) is 1.49. The summed E-state index contributed by atoms with van der Waals surface area (Å²) in [6, 6.07) is 0. The predicted molar refractivity (Wildman–Crippen MR) is 73.2 cm³/mol. The summed E-state index contributed by atoms with van der Waals surface area (Å²) < 4.78 is 4.73. The van der Waals surface area contributed by atoms with Crippen molar-refractivity contribution in [2.75, 3.05) is 6.61 Å². The maximum atomic E-state index is 11.3. The molecule has 0 aliphatic rings. The van der Waals surface area contributed by atoms with E-state index in [9.17, 15) is 9.90 Å². The Morgan fingerprint density at radius 3 is 2.44 bits per heavy atom. The van der Waals surface area contributed by atoms with E-state index >= 15 is 0 Å². The van der Waals surface area contributed by atoms with Gasteiger partial charge in [-0.15, -0.1) is 5.73 Å². The Labute approximate surface area is 111 Å². The number of hydrogen-bond acceptors (Lipinski definition) is 3. The molecule has 3 nitrogen and oxygen atoms in total. The van der Waals surface area contributed by atoms with Crippen LogP contribution < -0.4 is 0 Å². The van der Waals surface area contributed by atoms with E-state index in [0.717, 1.165) is 24.8 Å². The standard InChI is InChI=1S/C15H26O3/c1-6-8-9-12(15(3,4)5)10-11-13(16)14(17)18-7-2/h11,13,16H,6-9H2,1-5H3. The normalized spacial score (nSPS) is 12.6. The Morgan fingerprint density at radius 1 is 1.39 bits per heavy atom. The molecule has 0 aliphatic heterocycles. The molecule has 0 aliphatic carbocycles. The average Bonchev–Trinajstić information content (AvgIpc) is 2.27. The third-order valence-corrected chi connectivity index (χ3v) is 2.63. The Bertz CT molecular complexity index is 317. The molecule has 1 N–H and O–H groups in total. The quantitative estimate of drug-likeness (QED) is 0.584. The number of carbonyl (C=O) groups is 1. The summed E-state index contributed by atoms with van der Waals surface area (Å²) >= 11 is 0. The molecule has 1 unspecified atom stereocenters. The molecule has 0 saturated carbocycles. The molecule has 0 heterocycles. The summed E-state index contributed by atoms with van der Waals surface area (Å²) in [6.07, 6.45) is 3.31. The fraction of sp³-hybridized carbons (Fsp3) is 0.733. The Hall–Kier alpha value is -1.05. The minimum Gasteiger partial charge on any atom is -0.464 e. The van der Waals surface area contributed by atoms with Gasteiger partial charge in [0.1, 0.15) is 0 Å². The van der Waals surface area contributed by atoms with E-state index in [-0.39, 0.29) is 12.0 Å². The molecule has 104 valence electrons. The van der Waals surface area contributed by atoms with Crippen molar-refractivity contribution in [2.45, 2.75) is 60.0 Å². The highest BCUT2D eigenvalue weighted by Crippen LogP contribution is 2.28. The summed E-state index contributed by atoms with van der Waals surface area (Å²) in [5.74, 6) is -0.617. The van der Waals surface area contributed by atoms with Gasteiger partial charge >= 0.3 is 5.97 Å². The first kappa shape index (κ1) is 16.9. The summed E-state index contributed by atoms with van der Waals surface area (Å²) in [5, 5.41) is 9.58. The molecular weight excluding hydrogens is 228 g/mol. The molecule has 0 bridgehead atoms. The molecule has 0 fully saturated rings. The SMILES string of the molecule is CCCCC(=C=CC(O)C(=O)OCC)C(C)(C)C. The van der Waals surface area contributed by atoms with E-state index < -0.39 is 12.1 Å². The minimum atomic E-state index is -1.22. The van der Waals surface area contributed by atoms with E-state index in [1.54, 1.807) is 6.92 Å². The average molecular weight is 254 g/mol. The molecule has 0 saturated heterocycles. The van der Waals surface area contributed by atoms with Crippen LogP contribution in [0.1, 0.15) is 53.9 Å². The molecule has 18 heavy (non-hydrogen) atoms. The first-order valence-electron chi connectivity index (χ1n) is 6.63. The second-order valence-corrected chi connectivity index (χ2v) is 5.34. The van der Waals surface area contributed by atoms with Gasteiger partial charge in [0.25, 0.3) is 0 Å². The van der Waals surface area contributed by atoms with Crippen LogP contribution in [0.15, 0.2) is 17.4 Å². The molecule has 0 radical (unpaired) electrons. The zero-order chi connectivity index (χ0) is 14.2. The lowest BCUT2D eigenvalue weighted by Gasteiger charge is -2.21. The summed E-state index contributed by atoms with van der Waals surface area (Å²) in [6.45, 7) is 10.4. The topological polar surface area (TPSA) is 46.5 Å². The maximum absolute atomic E-state index is 11.3. The predicted octanol–water partition coefficient (Wildman–Crippen LogP) is 3.23. The fourth-order valence-electron chi connectivity index (χ4n) is 1.49. The van der Waals surface area contributed by atoms with Crippen molar-refractivity contribution in [1.82, 2.24) is 0 Å². The summed E-state index contributed by atoms with van der Waals surface area (Å²) in [5.41, 5.74) is 4.19. The van der Waals surface area contributed by atoms with Gasteiger partial charge in [0.2, 0.25) is 0 Å². The first-order chi connectivity index (χ1) is 8.32. The van der Waals surface area contributed by atoms with Crippen LogP contribution in [0.5, 0.6) is 0 Å². The lowest BCUT2D eigenvalue weighted by molar-refractivity contribution is -0.150. The van der Waals surface area contributed by atoms with Gasteiger partial charge in [-0.05, 0) is 36.8 Å². The van der Waals surface area contributed by atoms with Gasteiger partial charge < -0.3 is 9.84 Å². The maximum Gasteiger partial charge on any atom is 0.339 e. The van der Waals surface area contributed by atoms with E-state index in [4.69, 9.17) is 4.74 Å². The Balaban J connectivity index is 4.87.